The van der Waals surface area contributed by atoms with E-state index >= 15 is 0 Å². The van der Waals surface area contributed by atoms with E-state index in [2.05, 4.69) is 15.6 Å². The van der Waals surface area contributed by atoms with Gasteiger partial charge in [0, 0.05) is 11.9 Å². The number of aromatic nitrogens is 2. The van der Waals surface area contributed by atoms with Crippen LogP contribution in [-0.4, -0.2) is 21.9 Å². The van der Waals surface area contributed by atoms with Gasteiger partial charge in [0.15, 0.2) is 0 Å². The van der Waals surface area contributed by atoms with E-state index in [4.69, 9.17) is 4.42 Å². The lowest BCUT2D eigenvalue weighted by Crippen LogP contribution is -2.24. The monoisotopic (exact) mass is 272 g/mol. The SMILES string of the molecule is Cc1cc(C)n(CC(=O)NN=C/C=C/c2ccco2)n1. The van der Waals surface area contributed by atoms with Crippen LogP contribution >= 0.6 is 0 Å². The largest absolute Gasteiger partial charge is 0.465 e. The van der Waals surface area contributed by atoms with Gasteiger partial charge in [-0.05, 0) is 44.2 Å². The molecule has 104 valence electrons. The van der Waals surface area contributed by atoms with E-state index in [1.54, 1.807) is 29.2 Å². The third kappa shape index (κ3) is 3.94. The molecule has 20 heavy (non-hydrogen) atoms. The van der Waals surface area contributed by atoms with Gasteiger partial charge in [-0.15, -0.1) is 0 Å². The van der Waals surface area contributed by atoms with Gasteiger partial charge in [-0.1, -0.05) is 0 Å². The Morgan fingerprint density at radius 1 is 1.55 bits per heavy atom. The Morgan fingerprint density at radius 3 is 3.05 bits per heavy atom. The zero-order valence-corrected chi connectivity index (χ0v) is 11.4. The van der Waals surface area contributed by atoms with Gasteiger partial charge in [0.25, 0.3) is 5.91 Å². The standard InChI is InChI=1S/C14H16N4O2/c1-11-9-12(2)18(17-11)10-14(19)16-15-7-3-5-13-6-4-8-20-13/h3-9H,10H2,1-2H3,(H,16,19)/b5-3+,15-7?. The quantitative estimate of drug-likeness (QED) is 0.667. The average molecular weight is 272 g/mol. The number of allylic oxidation sites excluding steroid dienone is 1. The summed E-state index contributed by atoms with van der Waals surface area (Å²) >= 11 is 0. The van der Waals surface area contributed by atoms with Crippen LogP contribution in [0.3, 0.4) is 0 Å². The van der Waals surface area contributed by atoms with Gasteiger partial charge >= 0.3 is 0 Å². The van der Waals surface area contributed by atoms with Gasteiger partial charge in [-0.25, -0.2) is 5.43 Å². The maximum atomic E-state index is 11.6. The van der Waals surface area contributed by atoms with Crippen molar-refractivity contribution in [2.45, 2.75) is 20.4 Å². The van der Waals surface area contributed by atoms with Crippen molar-refractivity contribution in [3.8, 4) is 0 Å². The highest BCUT2D eigenvalue weighted by atomic mass is 16.3. The highest BCUT2D eigenvalue weighted by Crippen LogP contribution is 2.01. The van der Waals surface area contributed by atoms with Crippen LogP contribution in [0.4, 0.5) is 0 Å². The Morgan fingerprint density at radius 2 is 2.40 bits per heavy atom. The van der Waals surface area contributed by atoms with E-state index in [1.807, 2.05) is 26.0 Å². The Bertz CT molecular complexity index is 624. The summed E-state index contributed by atoms with van der Waals surface area (Å²) in [5, 5.41) is 8.02. The molecule has 0 spiro atoms. The summed E-state index contributed by atoms with van der Waals surface area (Å²) in [6.07, 6.45) is 6.51. The van der Waals surface area contributed by atoms with Crippen LogP contribution in [0.1, 0.15) is 17.1 Å². The fourth-order valence-electron chi connectivity index (χ4n) is 1.68. The third-order valence-electron chi connectivity index (χ3n) is 2.55. The molecule has 2 aromatic rings. The first-order valence-corrected chi connectivity index (χ1v) is 6.18. The number of aryl methyl sites for hydroxylation is 2. The number of hydrazone groups is 1. The predicted octanol–water partition coefficient (Wildman–Crippen LogP) is 1.91. The molecule has 1 N–H and O–H groups in total. The van der Waals surface area contributed by atoms with Crippen LogP contribution in [0.25, 0.3) is 6.08 Å². The first-order chi connectivity index (χ1) is 9.65. The molecule has 0 bridgehead atoms. The summed E-state index contributed by atoms with van der Waals surface area (Å²) in [4.78, 5) is 11.6. The molecule has 2 heterocycles. The molecule has 6 nitrogen and oxygen atoms in total. The van der Waals surface area contributed by atoms with Crippen LogP contribution < -0.4 is 5.43 Å². The summed E-state index contributed by atoms with van der Waals surface area (Å²) < 4.78 is 6.75. The van der Waals surface area contributed by atoms with Crippen molar-refractivity contribution in [3.05, 3.63) is 47.7 Å². The number of carbonyl (C=O) groups excluding carboxylic acids is 1. The zero-order chi connectivity index (χ0) is 14.4. The van der Waals surface area contributed by atoms with Crippen molar-refractivity contribution < 1.29 is 9.21 Å². The van der Waals surface area contributed by atoms with Gasteiger partial charge in [0.2, 0.25) is 0 Å². The Hall–Kier alpha value is -2.63. The van der Waals surface area contributed by atoms with Crippen LogP contribution in [0.2, 0.25) is 0 Å². The van der Waals surface area contributed by atoms with E-state index in [-0.39, 0.29) is 12.5 Å². The minimum absolute atomic E-state index is 0.152. The molecule has 0 aliphatic carbocycles. The molecule has 0 radical (unpaired) electrons. The third-order valence-corrected chi connectivity index (χ3v) is 2.55. The van der Waals surface area contributed by atoms with Crippen molar-refractivity contribution >= 4 is 18.2 Å². The van der Waals surface area contributed by atoms with Crippen molar-refractivity contribution in [2.24, 2.45) is 5.10 Å². The lowest BCUT2D eigenvalue weighted by molar-refractivity contribution is -0.121. The molecule has 1 amide bonds. The number of rotatable bonds is 5. The summed E-state index contributed by atoms with van der Waals surface area (Å²) in [6.45, 7) is 3.94. The van der Waals surface area contributed by atoms with Gasteiger partial charge in [0.05, 0.1) is 12.0 Å². The highest BCUT2D eigenvalue weighted by Gasteiger charge is 2.05. The topological polar surface area (TPSA) is 72.4 Å². The van der Waals surface area contributed by atoms with Crippen molar-refractivity contribution in [1.29, 1.82) is 0 Å². The molecule has 0 fully saturated rings. The van der Waals surface area contributed by atoms with Gasteiger partial charge in [-0.2, -0.15) is 10.2 Å². The van der Waals surface area contributed by atoms with Crippen LogP contribution in [0.15, 0.2) is 40.1 Å². The normalized spacial score (nSPS) is 11.5. The molecule has 0 atom stereocenters. The Kier molecular flexibility index (Phi) is 4.49. The molecule has 0 aromatic carbocycles. The minimum Gasteiger partial charge on any atom is -0.465 e. The molecule has 0 aliphatic rings. The first kappa shape index (κ1) is 13.8. The Balaban J connectivity index is 1.79. The number of amides is 1. The van der Waals surface area contributed by atoms with Gasteiger partial charge < -0.3 is 4.42 Å². The van der Waals surface area contributed by atoms with Crippen molar-refractivity contribution in [2.75, 3.05) is 0 Å². The molecule has 0 unspecified atom stereocenters. The second-order valence-electron chi connectivity index (χ2n) is 4.27. The molecular formula is C14H16N4O2. The second kappa shape index (κ2) is 6.51. The van der Waals surface area contributed by atoms with E-state index in [9.17, 15) is 4.79 Å². The van der Waals surface area contributed by atoms with Crippen LogP contribution in [0.5, 0.6) is 0 Å². The number of nitrogens with one attached hydrogen (secondary N) is 1. The van der Waals surface area contributed by atoms with Crippen LogP contribution in [0, 0.1) is 13.8 Å². The molecule has 0 aliphatic heterocycles. The number of nitrogens with zero attached hydrogens (tertiary/aromatic N) is 3. The Labute approximate surface area is 116 Å². The average Bonchev–Trinajstić information content (AvgIpc) is 3.00. The molecule has 2 rings (SSSR count). The number of hydrogen-bond donors (Lipinski definition) is 1. The molecule has 0 saturated heterocycles. The molecule has 2 aromatic heterocycles. The fraction of sp³-hybridized carbons (Fsp3) is 0.214. The van der Waals surface area contributed by atoms with E-state index < -0.39 is 0 Å². The number of carbonyl (C=O) groups is 1. The summed E-state index contributed by atoms with van der Waals surface area (Å²) in [7, 11) is 0. The highest BCUT2D eigenvalue weighted by molar-refractivity contribution is 5.80. The van der Waals surface area contributed by atoms with Crippen molar-refractivity contribution in [3.63, 3.8) is 0 Å². The maximum Gasteiger partial charge on any atom is 0.261 e. The second-order valence-corrected chi connectivity index (χ2v) is 4.27. The maximum absolute atomic E-state index is 11.6. The molecule has 6 heteroatoms. The summed E-state index contributed by atoms with van der Waals surface area (Å²) in [6, 6.07) is 5.54. The summed E-state index contributed by atoms with van der Waals surface area (Å²) in [5.41, 5.74) is 4.27. The number of furan rings is 1. The zero-order valence-electron chi connectivity index (χ0n) is 11.4. The van der Waals surface area contributed by atoms with E-state index in [0.717, 1.165) is 17.1 Å². The predicted molar refractivity (Wildman–Crippen MR) is 76.1 cm³/mol. The minimum atomic E-state index is -0.223. The van der Waals surface area contributed by atoms with Gasteiger partial charge in [-0.3, -0.25) is 9.48 Å². The van der Waals surface area contributed by atoms with E-state index in [0.29, 0.717) is 0 Å². The first-order valence-electron chi connectivity index (χ1n) is 6.18. The van der Waals surface area contributed by atoms with Crippen molar-refractivity contribution in [1.82, 2.24) is 15.2 Å². The lowest BCUT2D eigenvalue weighted by atomic mass is 10.4. The molecule has 0 saturated carbocycles. The van der Waals surface area contributed by atoms with E-state index in [1.165, 1.54) is 6.21 Å². The summed E-state index contributed by atoms with van der Waals surface area (Å²) in [5.74, 6) is 0.504. The van der Waals surface area contributed by atoms with Crippen LogP contribution in [-0.2, 0) is 11.3 Å². The molecular weight excluding hydrogens is 256 g/mol. The smallest absolute Gasteiger partial charge is 0.261 e. The van der Waals surface area contributed by atoms with Gasteiger partial charge in [0.1, 0.15) is 12.3 Å². The fourth-order valence-corrected chi connectivity index (χ4v) is 1.68. The lowest BCUT2D eigenvalue weighted by Gasteiger charge is -2.02. The number of hydrogen-bond acceptors (Lipinski definition) is 4.